The van der Waals surface area contributed by atoms with Crippen molar-refractivity contribution in [2.45, 2.75) is 19.4 Å². The molecule has 0 spiro atoms. The van der Waals surface area contributed by atoms with Crippen LogP contribution in [0.15, 0.2) is 10.8 Å². The van der Waals surface area contributed by atoms with Gasteiger partial charge in [-0.1, -0.05) is 0 Å². The van der Waals surface area contributed by atoms with E-state index >= 15 is 0 Å². The Morgan fingerprint density at radius 3 is 2.91 bits per heavy atom. The second kappa shape index (κ2) is 3.56. The molecule has 2 N–H and O–H groups in total. The molecule has 0 aromatic carbocycles. The third kappa shape index (κ3) is 1.83. The fraction of sp³-hybridized carbons (Fsp3) is 0.333. The number of aryl methyl sites for hydroxylation is 1. The number of terminal acetylenes is 1. The fourth-order valence-corrected chi connectivity index (χ4v) is 1.90. The predicted molar refractivity (Wildman–Crippen MR) is 49.4 cm³/mol. The Morgan fingerprint density at radius 1 is 1.73 bits per heavy atom. The molecule has 1 rings (SSSR count). The van der Waals surface area contributed by atoms with Crippen molar-refractivity contribution >= 4 is 11.3 Å². The van der Waals surface area contributed by atoms with Crippen LogP contribution in [-0.4, -0.2) is 0 Å². The van der Waals surface area contributed by atoms with Gasteiger partial charge < -0.3 is 5.73 Å². The molecule has 0 aliphatic carbocycles. The van der Waals surface area contributed by atoms with Crippen molar-refractivity contribution in [1.82, 2.24) is 0 Å². The molecule has 0 radical (unpaired) electrons. The van der Waals surface area contributed by atoms with Crippen LogP contribution in [0.4, 0.5) is 0 Å². The maximum atomic E-state index is 5.81. The third-order valence-electron chi connectivity index (χ3n) is 1.63. The van der Waals surface area contributed by atoms with Gasteiger partial charge in [-0.05, 0) is 28.8 Å². The molecule has 1 unspecified atom stereocenters. The summed E-state index contributed by atoms with van der Waals surface area (Å²) in [6.45, 7) is 2.06. The van der Waals surface area contributed by atoms with Gasteiger partial charge >= 0.3 is 0 Å². The first-order chi connectivity index (χ1) is 5.25. The van der Waals surface area contributed by atoms with Crippen LogP contribution in [0.1, 0.15) is 23.6 Å². The van der Waals surface area contributed by atoms with Gasteiger partial charge in [-0.2, -0.15) is 11.3 Å². The first-order valence-corrected chi connectivity index (χ1v) is 4.41. The molecule has 0 saturated carbocycles. The van der Waals surface area contributed by atoms with Gasteiger partial charge in [-0.25, -0.2) is 0 Å². The highest BCUT2D eigenvalue weighted by molar-refractivity contribution is 7.08. The van der Waals surface area contributed by atoms with E-state index in [4.69, 9.17) is 12.2 Å². The summed E-state index contributed by atoms with van der Waals surface area (Å²) in [5, 5.41) is 4.16. The molecule has 1 aromatic heterocycles. The van der Waals surface area contributed by atoms with Gasteiger partial charge in [0.1, 0.15) is 0 Å². The van der Waals surface area contributed by atoms with E-state index in [9.17, 15) is 0 Å². The van der Waals surface area contributed by atoms with E-state index in [-0.39, 0.29) is 6.04 Å². The lowest BCUT2D eigenvalue weighted by molar-refractivity contribution is 0.752. The monoisotopic (exact) mass is 165 g/mol. The molecule has 1 aromatic rings. The molecular weight excluding hydrogens is 154 g/mol. The van der Waals surface area contributed by atoms with Crippen molar-refractivity contribution in [2.75, 3.05) is 0 Å². The van der Waals surface area contributed by atoms with Crippen LogP contribution in [-0.2, 0) is 0 Å². The molecule has 58 valence electrons. The highest BCUT2D eigenvalue weighted by Crippen LogP contribution is 2.21. The molecule has 11 heavy (non-hydrogen) atoms. The van der Waals surface area contributed by atoms with Crippen LogP contribution in [0.25, 0.3) is 0 Å². The molecule has 0 aliphatic rings. The second-order valence-electron chi connectivity index (χ2n) is 2.52. The zero-order valence-corrected chi connectivity index (χ0v) is 7.32. The summed E-state index contributed by atoms with van der Waals surface area (Å²) in [7, 11) is 0. The van der Waals surface area contributed by atoms with Crippen LogP contribution in [0.2, 0.25) is 0 Å². The number of hydrogen-bond acceptors (Lipinski definition) is 2. The van der Waals surface area contributed by atoms with E-state index in [1.165, 1.54) is 11.1 Å². The van der Waals surface area contributed by atoms with E-state index in [2.05, 4.69) is 23.6 Å². The van der Waals surface area contributed by atoms with Crippen LogP contribution in [0.5, 0.6) is 0 Å². The zero-order chi connectivity index (χ0) is 8.27. The van der Waals surface area contributed by atoms with Crippen molar-refractivity contribution in [3.63, 3.8) is 0 Å². The first-order valence-electron chi connectivity index (χ1n) is 3.47. The lowest BCUT2D eigenvalue weighted by Crippen LogP contribution is -2.09. The third-order valence-corrected chi connectivity index (χ3v) is 2.51. The van der Waals surface area contributed by atoms with Gasteiger partial charge in [0.05, 0.1) is 0 Å². The SMILES string of the molecule is C#CCC(N)c1cscc1C. The molecule has 1 nitrogen and oxygen atoms in total. The number of hydrogen-bond donors (Lipinski definition) is 1. The van der Waals surface area contributed by atoms with Crippen LogP contribution >= 0.6 is 11.3 Å². The normalized spacial score (nSPS) is 12.5. The van der Waals surface area contributed by atoms with Gasteiger partial charge in [-0.3, -0.25) is 0 Å². The molecule has 1 heterocycles. The van der Waals surface area contributed by atoms with Crippen molar-refractivity contribution in [3.05, 3.63) is 21.9 Å². The zero-order valence-electron chi connectivity index (χ0n) is 6.50. The van der Waals surface area contributed by atoms with E-state index in [1.54, 1.807) is 11.3 Å². The van der Waals surface area contributed by atoms with Gasteiger partial charge in [0.25, 0.3) is 0 Å². The average molecular weight is 165 g/mol. The smallest absolute Gasteiger partial charge is 0.0416 e. The quantitative estimate of drug-likeness (QED) is 0.667. The van der Waals surface area contributed by atoms with Gasteiger partial charge in [0.15, 0.2) is 0 Å². The van der Waals surface area contributed by atoms with Crippen molar-refractivity contribution < 1.29 is 0 Å². The van der Waals surface area contributed by atoms with E-state index in [1.807, 2.05) is 0 Å². The second-order valence-corrected chi connectivity index (χ2v) is 3.27. The molecule has 1 atom stereocenters. The average Bonchev–Trinajstić information content (AvgIpc) is 2.36. The van der Waals surface area contributed by atoms with Crippen molar-refractivity contribution in [2.24, 2.45) is 5.73 Å². The molecule has 0 fully saturated rings. The number of nitrogens with two attached hydrogens (primary N) is 1. The van der Waals surface area contributed by atoms with Crippen LogP contribution in [0.3, 0.4) is 0 Å². The number of thiophene rings is 1. The minimum Gasteiger partial charge on any atom is -0.323 e. The molecule has 0 saturated heterocycles. The highest BCUT2D eigenvalue weighted by Gasteiger charge is 2.07. The molecule has 0 bridgehead atoms. The largest absolute Gasteiger partial charge is 0.323 e. The van der Waals surface area contributed by atoms with Crippen LogP contribution < -0.4 is 5.73 Å². The van der Waals surface area contributed by atoms with E-state index in [0.717, 1.165) is 0 Å². The number of rotatable bonds is 2. The summed E-state index contributed by atoms with van der Waals surface area (Å²) < 4.78 is 0. The Kier molecular flexibility index (Phi) is 2.70. The summed E-state index contributed by atoms with van der Waals surface area (Å²) in [5.74, 6) is 2.56. The molecule has 0 amide bonds. The van der Waals surface area contributed by atoms with Gasteiger partial charge in [0, 0.05) is 12.5 Å². The topological polar surface area (TPSA) is 26.0 Å². The lowest BCUT2D eigenvalue weighted by atomic mass is 10.1. The Morgan fingerprint density at radius 2 is 2.45 bits per heavy atom. The summed E-state index contributed by atoms with van der Waals surface area (Å²) >= 11 is 1.67. The van der Waals surface area contributed by atoms with Gasteiger partial charge in [-0.15, -0.1) is 12.3 Å². The Bertz CT molecular complexity index is 269. The minimum absolute atomic E-state index is 0.0197. The minimum atomic E-state index is 0.0197. The summed E-state index contributed by atoms with van der Waals surface area (Å²) in [6.07, 6.45) is 5.78. The predicted octanol–water partition coefficient (Wildman–Crippen LogP) is 2.08. The van der Waals surface area contributed by atoms with Crippen molar-refractivity contribution in [3.8, 4) is 12.3 Å². The first kappa shape index (κ1) is 8.32. The standard InChI is InChI=1S/C9H11NS/c1-3-4-9(10)8-6-11-5-7(8)2/h1,5-6,9H,4,10H2,2H3. The Hall–Kier alpha value is -0.780. The molecule has 2 heteroatoms. The Labute approximate surface area is 71.2 Å². The van der Waals surface area contributed by atoms with Gasteiger partial charge in [0.2, 0.25) is 0 Å². The molecular formula is C9H11NS. The van der Waals surface area contributed by atoms with E-state index < -0.39 is 0 Å². The summed E-state index contributed by atoms with van der Waals surface area (Å²) in [5.41, 5.74) is 8.25. The van der Waals surface area contributed by atoms with E-state index in [0.29, 0.717) is 6.42 Å². The Balaban J connectivity index is 2.77. The highest BCUT2D eigenvalue weighted by atomic mass is 32.1. The fourth-order valence-electron chi connectivity index (χ4n) is 0.987. The molecule has 0 aliphatic heterocycles. The van der Waals surface area contributed by atoms with Crippen molar-refractivity contribution in [1.29, 1.82) is 0 Å². The maximum absolute atomic E-state index is 5.81. The van der Waals surface area contributed by atoms with Crippen LogP contribution in [0, 0.1) is 19.3 Å². The maximum Gasteiger partial charge on any atom is 0.0416 e. The summed E-state index contributed by atoms with van der Waals surface area (Å²) in [4.78, 5) is 0. The lowest BCUT2D eigenvalue weighted by Gasteiger charge is -2.06. The summed E-state index contributed by atoms with van der Waals surface area (Å²) in [6, 6.07) is 0.0197.